The molecular formula is C23H23N3O. The van der Waals surface area contributed by atoms with Crippen molar-refractivity contribution in [1.82, 2.24) is 5.32 Å². The van der Waals surface area contributed by atoms with Crippen molar-refractivity contribution < 1.29 is 4.74 Å². The predicted molar refractivity (Wildman–Crippen MR) is 110 cm³/mol. The van der Waals surface area contributed by atoms with Gasteiger partial charge in [-0.2, -0.15) is 5.10 Å². The van der Waals surface area contributed by atoms with E-state index in [0.29, 0.717) is 6.61 Å². The minimum Gasteiger partial charge on any atom is -0.489 e. The number of amidine groups is 1. The molecule has 4 nitrogen and oxygen atoms in total. The summed E-state index contributed by atoms with van der Waals surface area (Å²) in [5.74, 6) is 1.88. The SMILES string of the molecule is c1ccc(CNC2=NN(c3cccc(OCc4ccccc4)c3)CC2)cc1. The Morgan fingerprint density at radius 3 is 2.37 bits per heavy atom. The second-order valence-corrected chi connectivity index (χ2v) is 6.53. The van der Waals surface area contributed by atoms with E-state index in [2.05, 4.69) is 47.8 Å². The summed E-state index contributed by atoms with van der Waals surface area (Å²) in [6, 6.07) is 28.7. The Morgan fingerprint density at radius 1 is 0.852 bits per heavy atom. The number of nitrogens with one attached hydrogen (secondary N) is 1. The van der Waals surface area contributed by atoms with E-state index >= 15 is 0 Å². The van der Waals surface area contributed by atoms with Crippen LogP contribution in [0.15, 0.2) is 90.0 Å². The molecule has 0 saturated heterocycles. The number of benzene rings is 3. The maximum atomic E-state index is 5.93. The molecule has 3 aromatic rings. The van der Waals surface area contributed by atoms with Gasteiger partial charge in [-0.1, -0.05) is 66.7 Å². The number of rotatable bonds is 6. The molecule has 0 atom stereocenters. The highest BCUT2D eigenvalue weighted by Crippen LogP contribution is 2.24. The van der Waals surface area contributed by atoms with E-state index in [4.69, 9.17) is 9.84 Å². The predicted octanol–water partition coefficient (Wildman–Crippen LogP) is 4.58. The third-order valence-electron chi connectivity index (χ3n) is 4.51. The molecule has 0 radical (unpaired) electrons. The van der Waals surface area contributed by atoms with Crippen LogP contribution in [0.25, 0.3) is 0 Å². The van der Waals surface area contributed by atoms with E-state index in [1.54, 1.807) is 0 Å². The Balaban J connectivity index is 1.36. The zero-order valence-electron chi connectivity index (χ0n) is 15.2. The van der Waals surface area contributed by atoms with E-state index in [1.807, 2.05) is 47.5 Å². The van der Waals surface area contributed by atoms with Crippen molar-refractivity contribution in [3.05, 3.63) is 96.1 Å². The minimum atomic E-state index is 0.567. The second-order valence-electron chi connectivity index (χ2n) is 6.53. The zero-order chi connectivity index (χ0) is 18.3. The summed E-state index contributed by atoms with van der Waals surface area (Å²) in [5, 5.41) is 10.2. The van der Waals surface area contributed by atoms with Gasteiger partial charge < -0.3 is 10.1 Å². The van der Waals surface area contributed by atoms with Crippen LogP contribution in [-0.2, 0) is 13.2 Å². The minimum absolute atomic E-state index is 0.567. The first kappa shape index (κ1) is 17.2. The van der Waals surface area contributed by atoms with Crippen molar-refractivity contribution in [3.8, 4) is 5.75 Å². The van der Waals surface area contributed by atoms with Crippen LogP contribution in [0.3, 0.4) is 0 Å². The highest BCUT2D eigenvalue weighted by Gasteiger charge is 2.16. The fraction of sp³-hybridized carbons (Fsp3) is 0.174. The molecule has 1 N–H and O–H groups in total. The Morgan fingerprint density at radius 2 is 1.59 bits per heavy atom. The van der Waals surface area contributed by atoms with Gasteiger partial charge in [-0.15, -0.1) is 0 Å². The van der Waals surface area contributed by atoms with Gasteiger partial charge in [0, 0.05) is 25.6 Å². The summed E-state index contributed by atoms with van der Waals surface area (Å²) in [6.45, 7) is 2.24. The van der Waals surface area contributed by atoms with Gasteiger partial charge in [-0.05, 0) is 23.3 Å². The van der Waals surface area contributed by atoms with Gasteiger partial charge in [0.2, 0.25) is 0 Å². The third-order valence-corrected chi connectivity index (χ3v) is 4.51. The lowest BCUT2D eigenvalue weighted by atomic mass is 10.2. The molecule has 0 unspecified atom stereocenters. The van der Waals surface area contributed by atoms with Crippen molar-refractivity contribution >= 4 is 11.5 Å². The van der Waals surface area contributed by atoms with Gasteiger partial charge in [0.05, 0.1) is 5.69 Å². The quantitative estimate of drug-likeness (QED) is 0.702. The molecule has 0 amide bonds. The molecule has 3 aromatic carbocycles. The first-order valence-corrected chi connectivity index (χ1v) is 9.26. The van der Waals surface area contributed by atoms with Crippen LogP contribution < -0.4 is 15.1 Å². The normalized spacial score (nSPS) is 13.3. The third kappa shape index (κ3) is 4.67. The summed E-state index contributed by atoms with van der Waals surface area (Å²) in [7, 11) is 0. The molecule has 0 aromatic heterocycles. The van der Waals surface area contributed by atoms with Crippen LogP contribution in [0.2, 0.25) is 0 Å². The number of anilines is 1. The van der Waals surface area contributed by atoms with Crippen molar-refractivity contribution in [2.45, 2.75) is 19.6 Å². The molecule has 0 bridgehead atoms. The standard InChI is InChI=1S/C23H23N3O/c1-3-8-19(9-4-1)17-24-23-14-15-26(25-23)21-12-7-13-22(16-21)27-18-20-10-5-2-6-11-20/h1-13,16H,14-15,17-18H2,(H,24,25). The molecule has 0 saturated carbocycles. The molecule has 0 spiro atoms. The highest BCUT2D eigenvalue weighted by atomic mass is 16.5. The van der Waals surface area contributed by atoms with Gasteiger partial charge >= 0.3 is 0 Å². The van der Waals surface area contributed by atoms with Gasteiger partial charge in [0.1, 0.15) is 18.2 Å². The van der Waals surface area contributed by atoms with Crippen LogP contribution in [0.1, 0.15) is 17.5 Å². The van der Waals surface area contributed by atoms with Crippen LogP contribution in [0.5, 0.6) is 5.75 Å². The molecule has 27 heavy (non-hydrogen) atoms. The monoisotopic (exact) mass is 357 g/mol. The fourth-order valence-electron chi connectivity index (χ4n) is 3.04. The first-order chi connectivity index (χ1) is 13.4. The average molecular weight is 357 g/mol. The number of hydrazone groups is 1. The first-order valence-electron chi connectivity index (χ1n) is 9.26. The maximum absolute atomic E-state index is 5.93. The summed E-state index contributed by atoms with van der Waals surface area (Å²) >= 11 is 0. The van der Waals surface area contributed by atoms with Gasteiger partial charge in [-0.3, -0.25) is 5.01 Å². The molecule has 136 valence electrons. The van der Waals surface area contributed by atoms with Crippen LogP contribution in [0, 0.1) is 0 Å². The Kier molecular flexibility index (Phi) is 5.34. The summed E-state index contributed by atoms with van der Waals surface area (Å²) in [5.41, 5.74) is 3.47. The number of nitrogens with zero attached hydrogens (tertiary/aromatic N) is 2. The van der Waals surface area contributed by atoms with E-state index in [-0.39, 0.29) is 0 Å². The van der Waals surface area contributed by atoms with Gasteiger partial charge in [0.25, 0.3) is 0 Å². The van der Waals surface area contributed by atoms with Gasteiger partial charge in [-0.25, -0.2) is 0 Å². The van der Waals surface area contributed by atoms with Crippen molar-refractivity contribution in [1.29, 1.82) is 0 Å². The zero-order valence-corrected chi connectivity index (χ0v) is 15.2. The highest BCUT2D eigenvalue weighted by molar-refractivity contribution is 5.85. The Bertz CT molecular complexity index is 894. The van der Waals surface area contributed by atoms with Crippen LogP contribution >= 0.6 is 0 Å². The Hall–Kier alpha value is -3.27. The lowest BCUT2D eigenvalue weighted by Gasteiger charge is -2.15. The van der Waals surface area contributed by atoms with Gasteiger partial charge in [0.15, 0.2) is 0 Å². The van der Waals surface area contributed by atoms with Crippen LogP contribution in [-0.4, -0.2) is 12.4 Å². The molecule has 1 heterocycles. The topological polar surface area (TPSA) is 36.9 Å². The molecule has 0 aliphatic carbocycles. The molecule has 0 fully saturated rings. The number of hydrogen-bond acceptors (Lipinski definition) is 4. The summed E-state index contributed by atoms with van der Waals surface area (Å²) < 4.78 is 5.93. The number of hydrogen-bond donors (Lipinski definition) is 1. The smallest absolute Gasteiger partial charge is 0.124 e. The molecule has 4 heteroatoms. The fourth-order valence-corrected chi connectivity index (χ4v) is 3.04. The molecule has 4 rings (SSSR count). The molecule has 1 aliphatic rings. The molecule has 1 aliphatic heterocycles. The van der Waals surface area contributed by atoms with Crippen LogP contribution in [0.4, 0.5) is 5.69 Å². The second kappa shape index (κ2) is 8.41. The van der Waals surface area contributed by atoms with E-state index in [9.17, 15) is 0 Å². The maximum Gasteiger partial charge on any atom is 0.124 e. The average Bonchev–Trinajstić information content (AvgIpc) is 3.22. The number of ether oxygens (including phenoxy) is 1. The van der Waals surface area contributed by atoms with Crippen molar-refractivity contribution in [2.24, 2.45) is 5.10 Å². The molecular weight excluding hydrogens is 334 g/mol. The van der Waals surface area contributed by atoms with E-state index in [1.165, 1.54) is 5.56 Å². The lowest BCUT2D eigenvalue weighted by molar-refractivity contribution is 0.306. The van der Waals surface area contributed by atoms with E-state index < -0.39 is 0 Å². The van der Waals surface area contributed by atoms with Crippen molar-refractivity contribution in [2.75, 3.05) is 11.6 Å². The Labute approximate surface area is 160 Å². The summed E-state index contributed by atoms with van der Waals surface area (Å²) in [6.07, 6.45) is 0.919. The summed E-state index contributed by atoms with van der Waals surface area (Å²) in [4.78, 5) is 0. The lowest BCUT2D eigenvalue weighted by Crippen LogP contribution is -2.20. The van der Waals surface area contributed by atoms with E-state index in [0.717, 1.165) is 42.3 Å². The van der Waals surface area contributed by atoms with Crippen molar-refractivity contribution in [3.63, 3.8) is 0 Å². The largest absolute Gasteiger partial charge is 0.489 e.